The first-order valence-electron chi connectivity index (χ1n) is 8.81. The van der Waals surface area contributed by atoms with Crippen LogP contribution >= 0.6 is 0 Å². The number of rotatable bonds is 4. The van der Waals surface area contributed by atoms with Crippen molar-refractivity contribution in [2.75, 3.05) is 27.2 Å². The molecule has 0 radical (unpaired) electrons. The summed E-state index contributed by atoms with van der Waals surface area (Å²) in [5, 5.41) is 5.42. The molecule has 0 spiro atoms. The van der Waals surface area contributed by atoms with Crippen molar-refractivity contribution in [2.24, 2.45) is 0 Å². The highest BCUT2D eigenvalue weighted by molar-refractivity contribution is 6.02. The number of pyridine rings is 1. The Morgan fingerprint density at radius 1 is 1.11 bits per heavy atom. The first kappa shape index (κ1) is 17.2. The van der Waals surface area contributed by atoms with Crippen molar-refractivity contribution in [2.45, 2.75) is 0 Å². The molecule has 1 amide bonds. The molecule has 1 N–H and O–H groups in total. The van der Waals surface area contributed by atoms with Gasteiger partial charge in [-0.2, -0.15) is 0 Å². The van der Waals surface area contributed by atoms with Gasteiger partial charge >= 0.3 is 0 Å². The first-order chi connectivity index (χ1) is 13.0. The minimum Gasteiger partial charge on any atom is -0.351 e. The SMILES string of the molecule is CN(C)CCNC(=O)c1cccn2c(=O)c3cc4ccccc4cc3nc12. The van der Waals surface area contributed by atoms with E-state index >= 15 is 0 Å². The van der Waals surface area contributed by atoms with Crippen LogP contribution in [-0.4, -0.2) is 47.4 Å². The Labute approximate surface area is 156 Å². The van der Waals surface area contributed by atoms with Crippen LogP contribution in [0.4, 0.5) is 0 Å². The third-order valence-corrected chi connectivity index (χ3v) is 4.60. The Bertz CT molecular complexity index is 1230. The highest BCUT2D eigenvalue weighted by Gasteiger charge is 2.14. The van der Waals surface area contributed by atoms with Crippen LogP contribution in [-0.2, 0) is 0 Å². The molecule has 4 aromatic rings. The second-order valence-corrected chi connectivity index (χ2v) is 6.81. The number of benzene rings is 2. The minimum absolute atomic E-state index is 0.177. The van der Waals surface area contributed by atoms with Crippen LogP contribution in [0.25, 0.3) is 27.3 Å². The fourth-order valence-corrected chi connectivity index (χ4v) is 3.18. The van der Waals surface area contributed by atoms with E-state index in [0.717, 1.165) is 17.3 Å². The maximum absolute atomic E-state index is 13.0. The Morgan fingerprint density at radius 2 is 1.85 bits per heavy atom. The molecule has 0 unspecified atom stereocenters. The lowest BCUT2D eigenvalue weighted by Gasteiger charge is -2.12. The van der Waals surface area contributed by atoms with Gasteiger partial charge in [0.15, 0.2) is 5.65 Å². The number of amides is 1. The van der Waals surface area contributed by atoms with Crippen molar-refractivity contribution in [1.29, 1.82) is 0 Å². The molecule has 6 nitrogen and oxygen atoms in total. The van der Waals surface area contributed by atoms with E-state index in [1.54, 1.807) is 18.3 Å². The number of nitrogens with zero attached hydrogens (tertiary/aromatic N) is 3. The van der Waals surface area contributed by atoms with Crippen LogP contribution in [0.1, 0.15) is 10.4 Å². The Hall–Kier alpha value is -3.25. The highest BCUT2D eigenvalue weighted by atomic mass is 16.2. The average molecular weight is 360 g/mol. The quantitative estimate of drug-likeness (QED) is 0.567. The standard InChI is InChI=1S/C21H20N4O2/c1-24(2)11-9-22-20(26)16-8-5-10-25-19(16)23-18-13-15-7-4-3-6-14(15)12-17(18)21(25)27/h3-8,10,12-13H,9,11H2,1-2H3,(H,22,26). The highest BCUT2D eigenvalue weighted by Crippen LogP contribution is 2.20. The van der Waals surface area contributed by atoms with E-state index in [0.29, 0.717) is 28.7 Å². The molecular weight excluding hydrogens is 340 g/mol. The monoisotopic (exact) mass is 360 g/mol. The van der Waals surface area contributed by atoms with E-state index in [9.17, 15) is 9.59 Å². The number of hydrogen-bond donors (Lipinski definition) is 1. The van der Waals surface area contributed by atoms with Crippen molar-refractivity contribution in [1.82, 2.24) is 19.6 Å². The molecule has 0 saturated carbocycles. The van der Waals surface area contributed by atoms with Crippen molar-refractivity contribution in [3.63, 3.8) is 0 Å². The molecule has 0 bridgehead atoms. The van der Waals surface area contributed by atoms with Gasteiger partial charge in [0.2, 0.25) is 0 Å². The fourth-order valence-electron chi connectivity index (χ4n) is 3.18. The average Bonchev–Trinajstić information content (AvgIpc) is 2.66. The smallest absolute Gasteiger partial charge is 0.265 e. The van der Waals surface area contributed by atoms with Crippen LogP contribution in [0.2, 0.25) is 0 Å². The molecule has 136 valence electrons. The normalized spacial score (nSPS) is 11.5. The number of aromatic nitrogens is 2. The third kappa shape index (κ3) is 3.15. The first-order valence-corrected chi connectivity index (χ1v) is 8.81. The zero-order chi connectivity index (χ0) is 19.0. The minimum atomic E-state index is -0.234. The van der Waals surface area contributed by atoms with E-state index in [2.05, 4.69) is 10.3 Å². The summed E-state index contributed by atoms with van der Waals surface area (Å²) in [6.07, 6.45) is 1.65. The topological polar surface area (TPSA) is 66.7 Å². The molecule has 27 heavy (non-hydrogen) atoms. The van der Waals surface area contributed by atoms with Gasteiger partial charge in [0.25, 0.3) is 11.5 Å². The molecule has 4 rings (SSSR count). The molecule has 2 aromatic heterocycles. The largest absolute Gasteiger partial charge is 0.351 e. The van der Waals surface area contributed by atoms with Crippen LogP contribution in [0, 0.1) is 0 Å². The Balaban J connectivity index is 1.88. The predicted molar refractivity (Wildman–Crippen MR) is 107 cm³/mol. The summed E-state index contributed by atoms with van der Waals surface area (Å²) in [5.74, 6) is -0.234. The zero-order valence-electron chi connectivity index (χ0n) is 15.3. The van der Waals surface area contributed by atoms with Gasteiger partial charge in [-0.15, -0.1) is 0 Å². The molecule has 0 atom stereocenters. The van der Waals surface area contributed by atoms with Crippen LogP contribution in [0.5, 0.6) is 0 Å². The van der Waals surface area contributed by atoms with Crippen molar-refractivity contribution in [3.8, 4) is 0 Å². The maximum atomic E-state index is 13.0. The molecule has 0 aliphatic carbocycles. The lowest BCUT2D eigenvalue weighted by atomic mass is 10.1. The van der Waals surface area contributed by atoms with Gasteiger partial charge in [-0.1, -0.05) is 24.3 Å². The summed E-state index contributed by atoms with van der Waals surface area (Å²) in [6.45, 7) is 1.26. The summed E-state index contributed by atoms with van der Waals surface area (Å²) >= 11 is 0. The number of likely N-dealkylation sites (N-methyl/N-ethyl adjacent to an activating group) is 1. The summed E-state index contributed by atoms with van der Waals surface area (Å²) in [4.78, 5) is 32.2. The summed E-state index contributed by atoms with van der Waals surface area (Å²) in [5.41, 5.74) is 1.17. The molecule has 0 aliphatic rings. The lowest BCUT2D eigenvalue weighted by molar-refractivity contribution is 0.0952. The summed E-state index contributed by atoms with van der Waals surface area (Å²) < 4.78 is 1.44. The van der Waals surface area contributed by atoms with Crippen molar-refractivity contribution in [3.05, 3.63) is 70.6 Å². The zero-order valence-corrected chi connectivity index (χ0v) is 15.3. The van der Waals surface area contributed by atoms with Gasteiger partial charge in [0.05, 0.1) is 16.5 Å². The Morgan fingerprint density at radius 3 is 2.59 bits per heavy atom. The maximum Gasteiger partial charge on any atom is 0.265 e. The number of fused-ring (bicyclic) bond motifs is 3. The summed E-state index contributed by atoms with van der Waals surface area (Å²) in [7, 11) is 3.89. The molecule has 0 fully saturated rings. The molecule has 2 aromatic carbocycles. The summed E-state index contributed by atoms with van der Waals surface area (Å²) in [6, 6.07) is 15.0. The third-order valence-electron chi connectivity index (χ3n) is 4.60. The number of nitrogens with one attached hydrogen (secondary N) is 1. The van der Waals surface area contributed by atoms with Crippen LogP contribution in [0.15, 0.2) is 59.5 Å². The van der Waals surface area contributed by atoms with Gasteiger partial charge < -0.3 is 10.2 Å². The number of carbonyl (C=O) groups excluding carboxylic acids is 1. The van der Waals surface area contributed by atoms with Gasteiger partial charge in [-0.3, -0.25) is 14.0 Å². The van der Waals surface area contributed by atoms with E-state index in [1.165, 1.54) is 4.40 Å². The fraction of sp³-hybridized carbons (Fsp3) is 0.190. The second-order valence-electron chi connectivity index (χ2n) is 6.81. The van der Waals surface area contributed by atoms with E-state index in [1.807, 2.05) is 55.4 Å². The van der Waals surface area contributed by atoms with Gasteiger partial charge in [0.1, 0.15) is 0 Å². The predicted octanol–water partition coefficient (Wildman–Crippen LogP) is 2.29. The number of carbonyl (C=O) groups is 1. The van der Waals surface area contributed by atoms with Crippen molar-refractivity contribution >= 4 is 33.2 Å². The van der Waals surface area contributed by atoms with E-state index in [-0.39, 0.29) is 11.5 Å². The molecule has 0 aliphatic heterocycles. The van der Waals surface area contributed by atoms with Crippen LogP contribution < -0.4 is 10.9 Å². The van der Waals surface area contributed by atoms with Gasteiger partial charge in [-0.25, -0.2) is 4.98 Å². The van der Waals surface area contributed by atoms with Gasteiger partial charge in [-0.05, 0) is 49.1 Å². The molecular formula is C21H20N4O2. The molecule has 0 saturated heterocycles. The second kappa shape index (κ2) is 6.81. The van der Waals surface area contributed by atoms with Crippen LogP contribution in [0.3, 0.4) is 0 Å². The number of hydrogen-bond acceptors (Lipinski definition) is 4. The lowest BCUT2D eigenvalue weighted by Crippen LogP contribution is -2.32. The van der Waals surface area contributed by atoms with E-state index < -0.39 is 0 Å². The Kier molecular flexibility index (Phi) is 4.33. The van der Waals surface area contributed by atoms with Crippen molar-refractivity contribution < 1.29 is 4.79 Å². The van der Waals surface area contributed by atoms with Gasteiger partial charge in [0, 0.05) is 19.3 Å². The molecule has 6 heteroatoms. The molecule has 2 heterocycles. The van der Waals surface area contributed by atoms with E-state index in [4.69, 9.17) is 0 Å².